The number of nitrogens with two attached hydrogens (primary N) is 1. The van der Waals surface area contributed by atoms with Gasteiger partial charge in [0.1, 0.15) is 6.04 Å². The zero-order valence-corrected chi connectivity index (χ0v) is 14.6. The standard InChI is InChI=1S/C7H6O2.C5H11NO2S.Zn/c8-7(9)6-4-2-1-3-5-6;1-9-3-2-4(6)5(7)8;/h1-5H,(H,8,9);4H,2-3,6H2,1H3,(H,7,8);. The Balaban J connectivity index is 0. The molecule has 102 valence electrons. The molecule has 4 N–H and O–H groups in total. The van der Waals surface area contributed by atoms with Crippen LogP contribution in [0.3, 0.4) is 0 Å². The summed E-state index contributed by atoms with van der Waals surface area (Å²) in [6, 6.07) is 7.61. The van der Waals surface area contributed by atoms with E-state index in [1.54, 1.807) is 42.1 Å². The van der Waals surface area contributed by atoms with Gasteiger partial charge in [0, 0.05) is 19.5 Å². The van der Waals surface area contributed by atoms with E-state index >= 15 is 0 Å². The molecule has 0 saturated carbocycles. The van der Waals surface area contributed by atoms with Crippen LogP contribution in [0.4, 0.5) is 0 Å². The molecule has 0 amide bonds. The zero-order chi connectivity index (χ0) is 14.0. The SMILES string of the molecule is CSCCC(N)C(=O)O.O=C(O)c1ccccc1.[Zn]. The van der Waals surface area contributed by atoms with E-state index in [1.165, 1.54) is 0 Å². The summed E-state index contributed by atoms with van der Waals surface area (Å²) in [5, 5.41) is 16.7. The number of carboxylic acid groups (broad SMARTS) is 2. The van der Waals surface area contributed by atoms with Crippen molar-refractivity contribution in [2.45, 2.75) is 12.5 Å². The number of hydrogen-bond donors (Lipinski definition) is 3. The molecular weight excluding hydrogens is 320 g/mol. The van der Waals surface area contributed by atoms with Gasteiger partial charge >= 0.3 is 11.9 Å². The normalized spacial score (nSPS) is 10.4. The molecule has 0 aromatic heterocycles. The molecule has 0 fully saturated rings. The minimum atomic E-state index is -0.913. The van der Waals surface area contributed by atoms with Crippen LogP contribution in [-0.2, 0) is 24.3 Å². The van der Waals surface area contributed by atoms with Gasteiger partial charge in [-0.2, -0.15) is 11.8 Å². The van der Waals surface area contributed by atoms with E-state index in [0.29, 0.717) is 12.0 Å². The minimum Gasteiger partial charge on any atom is -0.480 e. The Labute approximate surface area is 129 Å². The van der Waals surface area contributed by atoms with Crippen LogP contribution in [0.25, 0.3) is 0 Å². The smallest absolute Gasteiger partial charge is 0.335 e. The summed E-state index contributed by atoms with van der Waals surface area (Å²) in [5.41, 5.74) is 5.52. The number of benzene rings is 1. The number of carboxylic acids is 2. The second kappa shape index (κ2) is 12.1. The molecular formula is C12H17NO4SZn. The molecule has 5 nitrogen and oxygen atoms in total. The van der Waals surface area contributed by atoms with Gasteiger partial charge in [-0.15, -0.1) is 0 Å². The maximum atomic E-state index is 10.2. The van der Waals surface area contributed by atoms with Crippen molar-refractivity contribution in [2.24, 2.45) is 5.73 Å². The van der Waals surface area contributed by atoms with Gasteiger partial charge in [-0.3, -0.25) is 4.79 Å². The summed E-state index contributed by atoms with van der Waals surface area (Å²) >= 11 is 1.60. The van der Waals surface area contributed by atoms with Crippen molar-refractivity contribution in [1.29, 1.82) is 0 Å². The van der Waals surface area contributed by atoms with Gasteiger partial charge in [-0.25, -0.2) is 4.79 Å². The molecule has 0 saturated heterocycles. The Morgan fingerprint density at radius 3 is 2.11 bits per heavy atom. The van der Waals surface area contributed by atoms with Gasteiger partial charge in [0.25, 0.3) is 0 Å². The van der Waals surface area contributed by atoms with Crippen LogP contribution in [0, 0.1) is 0 Å². The number of hydrogen-bond acceptors (Lipinski definition) is 4. The van der Waals surface area contributed by atoms with Crippen molar-refractivity contribution in [3.8, 4) is 0 Å². The molecule has 0 bridgehead atoms. The molecule has 0 radical (unpaired) electrons. The van der Waals surface area contributed by atoms with Crippen molar-refractivity contribution in [3.63, 3.8) is 0 Å². The van der Waals surface area contributed by atoms with E-state index in [4.69, 9.17) is 15.9 Å². The third kappa shape index (κ3) is 10.7. The van der Waals surface area contributed by atoms with Crippen LogP contribution in [-0.4, -0.2) is 40.2 Å². The van der Waals surface area contributed by atoms with Gasteiger partial charge < -0.3 is 15.9 Å². The number of thioether (sulfide) groups is 1. The van der Waals surface area contributed by atoms with Crippen LogP contribution in [0.2, 0.25) is 0 Å². The van der Waals surface area contributed by atoms with E-state index in [0.717, 1.165) is 5.75 Å². The van der Waals surface area contributed by atoms with E-state index < -0.39 is 18.0 Å². The maximum absolute atomic E-state index is 10.2. The summed E-state index contributed by atoms with van der Waals surface area (Å²) in [4.78, 5) is 20.3. The minimum absolute atomic E-state index is 0. The fourth-order valence-corrected chi connectivity index (χ4v) is 1.44. The quantitative estimate of drug-likeness (QED) is 0.705. The average molecular weight is 337 g/mol. The molecule has 0 aliphatic heterocycles. The molecule has 0 aliphatic carbocycles. The van der Waals surface area contributed by atoms with Gasteiger partial charge in [0.15, 0.2) is 0 Å². The van der Waals surface area contributed by atoms with Gasteiger partial charge in [-0.05, 0) is 30.6 Å². The fraction of sp³-hybridized carbons (Fsp3) is 0.333. The van der Waals surface area contributed by atoms with Crippen molar-refractivity contribution in [3.05, 3.63) is 35.9 Å². The number of carbonyl (C=O) groups is 2. The molecule has 0 aliphatic rings. The summed E-state index contributed by atoms with van der Waals surface area (Å²) in [7, 11) is 0. The zero-order valence-electron chi connectivity index (χ0n) is 10.8. The second-order valence-corrected chi connectivity index (χ2v) is 4.38. The molecule has 1 unspecified atom stereocenters. The first kappa shape index (κ1) is 20.4. The molecule has 1 rings (SSSR count). The third-order valence-corrected chi connectivity index (χ3v) is 2.61. The van der Waals surface area contributed by atoms with Crippen LogP contribution in [0.5, 0.6) is 0 Å². The molecule has 0 heterocycles. The second-order valence-electron chi connectivity index (χ2n) is 3.40. The molecule has 0 spiro atoms. The Kier molecular flexibility index (Phi) is 13.0. The summed E-state index contributed by atoms with van der Waals surface area (Å²) < 4.78 is 0. The first-order valence-corrected chi connectivity index (χ1v) is 6.64. The summed E-state index contributed by atoms with van der Waals surface area (Å²) in [6.07, 6.45) is 2.48. The van der Waals surface area contributed by atoms with Crippen LogP contribution >= 0.6 is 11.8 Å². The monoisotopic (exact) mass is 335 g/mol. The Bertz CT molecular complexity index is 375. The van der Waals surface area contributed by atoms with Crippen molar-refractivity contribution >= 4 is 23.7 Å². The number of aromatic carboxylic acids is 1. The molecule has 7 heteroatoms. The Hall–Kier alpha value is -0.907. The largest absolute Gasteiger partial charge is 0.480 e. The molecule has 1 atom stereocenters. The predicted octanol–water partition coefficient (Wildman–Crippen LogP) is 1.53. The predicted molar refractivity (Wildman–Crippen MR) is 72.0 cm³/mol. The molecule has 1 aromatic rings. The molecule has 19 heavy (non-hydrogen) atoms. The van der Waals surface area contributed by atoms with Crippen LogP contribution < -0.4 is 5.73 Å². The van der Waals surface area contributed by atoms with Crippen molar-refractivity contribution < 1.29 is 39.3 Å². The van der Waals surface area contributed by atoms with Gasteiger partial charge in [-0.1, -0.05) is 18.2 Å². The summed E-state index contributed by atoms with van der Waals surface area (Å²) in [6.45, 7) is 0. The Morgan fingerprint density at radius 1 is 1.26 bits per heavy atom. The van der Waals surface area contributed by atoms with Crippen LogP contribution in [0.15, 0.2) is 30.3 Å². The Morgan fingerprint density at radius 2 is 1.79 bits per heavy atom. The summed E-state index contributed by atoms with van der Waals surface area (Å²) in [5.74, 6) is -0.979. The first-order valence-electron chi connectivity index (χ1n) is 5.24. The molecule has 1 aromatic carbocycles. The first-order chi connectivity index (χ1) is 8.49. The number of rotatable bonds is 5. The van der Waals surface area contributed by atoms with Crippen molar-refractivity contribution in [1.82, 2.24) is 0 Å². The maximum Gasteiger partial charge on any atom is 0.335 e. The topological polar surface area (TPSA) is 101 Å². The average Bonchev–Trinajstić information content (AvgIpc) is 2.37. The van der Waals surface area contributed by atoms with Gasteiger partial charge in [0.2, 0.25) is 0 Å². The van der Waals surface area contributed by atoms with E-state index in [1.807, 2.05) is 6.26 Å². The third-order valence-electron chi connectivity index (χ3n) is 1.97. The van der Waals surface area contributed by atoms with E-state index in [-0.39, 0.29) is 19.5 Å². The number of aliphatic carboxylic acids is 1. The van der Waals surface area contributed by atoms with Gasteiger partial charge in [0.05, 0.1) is 5.56 Å². The van der Waals surface area contributed by atoms with E-state index in [9.17, 15) is 9.59 Å². The van der Waals surface area contributed by atoms with Crippen molar-refractivity contribution in [2.75, 3.05) is 12.0 Å². The van der Waals surface area contributed by atoms with E-state index in [2.05, 4.69) is 0 Å². The van der Waals surface area contributed by atoms with Crippen LogP contribution in [0.1, 0.15) is 16.8 Å². The fourth-order valence-electron chi connectivity index (χ4n) is 0.949.